The molecule has 1 N–H and O–H groups in total. The van der Waals surface area contributed by atoms with Gasteiger partial charge in [-0.2, -0.15) is 5.26 Å². The summed E-state index contributed by atoms with van der Waals surface area (Å²) in [5.74, 6) is 0.794. The molecule has 1 aromatic carbocycles. The molecule has 0 bridgehead atoms. The van der Waals surface area contributed by atoms with Crippen LogP contribution in [0.3, 0.4) is 0 Å². The molecule has 98 valence electrons. The molecule has 0 aromatic heterocycles. The van der Waals surface area contributed by atoms with Crippen molar-refractivity contribution in [2.24, 2.45) is 5.41 Å². The van der Waals surface area contributed by atoms with Crippen LogP contribution in [0.5, 0.6) is 5.75 Å². The Bertz CT molecular complexity index is 407. The van der Waals surface area contributed by atoms with Gasteiger partial charge in [0.2, 0.25) is 0 Å². The van der Waals surface area contributed by atoms with E-state index in [9.17, 15) is 5.11 Å². The van der Waals surface area contributed by atoms with E-state index in [0.717, 1.165) is 17.7 Å². The maximum Gasteiger partial charge on any atom is 0.119 e. The highest BCUT2D eigenvalue weighted by Crippen LogP contribution is 2.36. The Morgan fingerprint density at radius 3 is 2.39 bits per heavy atom. The second-order valence-corrected chi connectivity index (χ2v) is 4.70. The molecule has 18 heavy (non-hydrogen) atoms. The van der Waals surface area contributed by atoms with E-state index in [-0.39, 0.29) is 0 Å². The maximum absolute atomic E-state index is 10.2. The fourth-order valence-electron chi connectivity index (χ4n) is 1.67. The second kappa shape index (κ2) is 6.42. The summed E-state index contributed by atoms with van der Waals surface area (Å²) in [5, 5.41) is 19.4. The molecule has 2 unspecified atom stereocenters. The second-order valence-electron chi connectivity index (χ2n) is 4.70. The normalized spacial score (nSPS) is 15.5. The van der Waals surface area contributed by atoms with E-state index >= 15 is 0 Å². The number of ether oxygens (including phenoxy) is 1. The molecule has 2 atom stereocenters. The van der Waals surface area contributed by atoms with Crippen molar-refractivity contribution in [3.8, 4) is 11.8 Å². The van der Waals surface area contributed by atoms with Crippen molar-refractivity contribution in [2.45, 2.75) is 39.7 Å². The van der Waals surface area contributed by atoms with Gasteiger partial charge in [-0.3, -0.25) is 0 Å². The van der Waals surface area contributed by atoms with Gasteiger partial charge in [0.25, 0.3) is 0 Å². The number of benzene rings is 1. The zero-order valence-electron chi connectivity index (χ0n) is 11.3. The predicted molar refractivity (Wildman–Crippen MR) is 71.2 cm³/mol. The first-order valence-corrected chi connectivity index (χ1v) is 6.39. The summed E-state index contributed by atoms with van der Waals surface area (Å²) in [7, 11) is 0. The van der Waals surface area contributed by atoms with Gasteiger partial charge in [0.15, 0.2) is 0 Å². The first-order chi connectivity index (χ1) is 8.57. The zero-order valence-corrected chi connectivity index (χ0v) is 11.3. The molecule has 3 heteroatoms. The maximum atomic E-state index is 10.2. The van der Waals surface area contributed by atoms with Crippen LogP contribution in [0, 0.1) is 16.7 Å². The zero-order chi connectivity index (χ0) is 13.6. The van der Waals surface area contributed by atoms with Crippen molar-refractivity contribution in [1.82, 2.24) is 0 Å². The Morgan fingerprint density at radius 2 is 1.94 bits per heavy atom. The first-order valence-electron chi connectivity index (χ1n) is 6.39. The molecule has 0 saturated carbocycles. The van der Waals surface area contributed by atoms with Gasteiger partial charge in [-0.05, 0) is 37.5 Å². The third-order valence-electron chi connectivity index (χ3n) is 3.26. The van der Waals surface area contributed by atoms with Crippen LogP contribution in [0.1, 0.15) is 45.3 Å². The van der Waals surface area contributed by atoms with Crippen LogP contribution in [0.4, 0.5) is 0 Å². The van der Waals surface area contributed by atoms with Gasteiger partial charge < -0.3 is 9.84 Å². The highest BCUT2D eigenvalue weighted by atomic mass is 16.5. The Balaban J connectivity index is 2.82. The van der Waals surface area contributed by atoms with Crippen LogP contribution in [-0.4, -0.2) is 11.7 Å². The summed E-state index contributed by atoms with van der Waals surface area (Å²) < 4.78 is 5.48. The highest BCUT2D eigenvalue weighted by molar-refractivity contribution is 5.30. The van der Waals surface area contributed by atoms with Crippen LogP contribution in [-0.2, 0) is 0 Å². The molecule has 0 aliphatic heterocycles. The Labute approximate surface area is 109 Å². The van der Waals surface area contributed by atoms with Gasteiger partial charge in [-0.25, -0.2) is 0 Å². The van der Waals surface area contributed by atoms with E-state index in [1.54, 1.807) is 6.92 Å². The minimum absolute atomic E-state index is 0.610. The summed E-state index contributed by atoms with van der Waals surface area (Å²) >= 11 is 0. The monoisotopic (exact) mass is 247 g/mol. The van der Waals surface area contributed by atoms with Crippen LogP contribution >= 0.6 is 0 Å². The van der Waals surface area contributed by atoms with Crippen molar-refractivity contribution in [3.63, 3.8) is 0 Å². The lowest BCUT2D eigenvalue weighted by atomic mass is 9.80. The number of aliphatic hydroxyl groups excluding tert-OH is 1. The van der Waals surface area contributed by atoms with Crippen LogP contribution in [0.15, 0.2) is 24.3 Å². The van der Waals surface area contributed by atoms with E-state index in [2.05, 4.69) is 13.0 Å². The standard InChI is InChI=1S/C15H21NO2/c1-4-10-18-13-8-6-12(7-9-13)14(17)15(3,5-2)11-16/h6-9,14,17H,4-5,10H2,1-3H3. The number of nitrogens with zero attached hydrogens (tertiary/aromatic N) is 1. The topological polar surface area (TPSA) is 53.2 Å². The van der Waals surface area contributed by atoms with Crippen LogP contribution < -0.4 is 4.74 Å². The molecular weight excluding hydrogens is 226 g/mol. The summed E-state index contributed by atoms with van der Waals surface area (Å²) in [6, 6.07) is 9.50. The molecule has 0 spiro atoms. The fourth-order valence-corrected chi connectivity index (χ4v) is 1.67. The average Bonchev–Trinajstić information content (AvgIpc) is 2.44. The summed E-state index contributed by atoms with van der Waals surface area (Å²) in [5.41, 5.74) is 0.0101. The molecule has 0 amide bonds. The SMILES string of the molecule is CCCOc1ccc(C(O)C(C)(C#N)CC)cc1. The van der Waals surface area contributed by atoms with Gasteiger partial charge in [-0.1, -0.05) is 26.0 Å². The number of hydrogen-bond donors (Lipinski definition) is 1. The van der Waals surface area contributed by atoms with Gasteiger partial charge >= 0.3 is 0 Å². The number of hydrogen-bond acceptors (Lipinski definition) is 3. The lowest BCUT2D eigenvalue weighted by molar-refractivity contribution is 0.0722. The van der Waals surface area contributed by atoms with Gasteiger partial charge in [0.05, 0.1) is 24.2 Å². The van der Waals surface area contributed by atoms with E-state index in [1.165, 1.54) is 0 Å². The largest absolute Gasteiger partial charge is 0.494 e. The summed E-state index contributed by atoms with van der Waals surface area (Å²) in [6.45, 7) is 6.43. The van der Waals surface area contributed by atoms with E-state index in [4.69, 9.17) is 10.00 Å². The van der Waals surface area contributed by atoms with Gasteiger partial charge in [0.1, 0.15) is 5.75 Å². The van der Waals surface area contributed by atoms with Crippen molar-refractivity contribution in [1.29, 1.82) is 5.26 Å². The van der Waals surface area contributed by atoms with Crippen LogP contribution in [0.25, 0.3) is 0 Å². The van der Waals surface area contributed by atoms with Crippen LogP contribution in [0.2, 0.25) is 0 Å². The number of nitriles is 1. The third kappa shape index (κ3) is 3.24. The lowest BCUT2D eigenvalue weighted by Gasteiger charge is -2.26. The fraction of sp³-hybridized carbons (Fsp3) is 0.533. The Kier molecular flexibility index (Phi) is 5.18. The molecule has 1 rings (SSSR count). The Morgan fingerprint density at radius 1 is 1.33 bits per heavy atom. The molecular formula is C15H21NO2. The number of aliphatic hydroxyl groups is 1. The van der Waals surface area contributed by atoms with Crippen molar-refractivity contribution < 1.29 is 9.84 Å². The van der Waals surface area contributed by atoms with Crippen molar-refractivity contribution in [3.05, 3.63) is 29.8 Å². The quantitative estimate of drug-likeness (QED) is 0.837. The lowest BCUT2D eigenvalue weighted by Crippen LogP contribution is -2.22. The molecule has 0 saturated heterocycles. The molecule has 0 aliphatic carbocycles. The first kappa shape index (κ1) is 14.5. The third-order valence-corrected chi connectivity index (χ3v) is 3.26. The van der Waals surface area contributed by atoms with Gasteiger partial charge in [0, 0.05) is 0 Å². The molecule has 1 aromatic rings. The minimum atomic E-state index is -0.771. The molecule has 3 nitrogen and oxygen atoms in total. The highest BCUT2D eigenvalue weighted by Gasteiger charge is 2.32. The Hall–Kier alpha value is -1.53. The van der Waals surface area contributed by atoms with Gasteiger partial charge in [-0.15, -0.1) is 0 Å². The molecule has 0 heterocycles. The molecule has 0 fully saturated rings. The minimum Gasteiger partial charge on any atom is -0.494 e. The number of rotatable bonds is 6. The van der Waals surface area contributed by atoms with E-state index in [1.807, 2.05) is 31.2 Å². The molecule has 0 aliphatic rings. The summed E-state index contributed by atoms with van der Waals surface area (Å²) in [4.78, 5) is 0. The predicted octanol–water partition coefficient (Wildman–Crippen LogP) is 3.45. The summed E-state index contributed by atoms with van der Waals surface area (Å²) in [6.07, 6.45) is 0.804. The van der Waals surface area contributed by atoms with Crippen molar-refractivity contribution >= 4 is 0 Å². The average molecular weight is 247 g/mol. The molecule has 0 radical (unpaired) electrons. The smallest absolute Gasteiger partial charge is 0.119 e. The van der Waals surface area contributed by atoms with E-state index < -0.39 is 11.5 Å². The van der Waals surface area contributed by atoms with E-state index in [0.29, 0.717) is 13.0 Å². The van der Waals surface area contributed by atoms with Crippen molar-refractivity contribution in [2.75, 3.05) is 6.61 Å².